The number of nitro benzene ring substituents is 1. The summed E-state index contributed by atoms with van der Waals surface area (Å²) in [4.78, 5) is 22.6. The van der Waals surface area contributed by atoms with Crippen molar-refractivity contribution >= 4 is 28.9 Å². The summed E-state index contributed by atoms with van der Waals surface area (Å²) in [5, 5.41) is 13.8. The van der Waals surface area contributed by atoms with Gasteiger partial charge in [0, 0.05) is 12.1 Å². The number of hydrogen-bond acceptors (Lipinski definition) is 5. The molecule has 1 amide bonds. The van der Waals surface area contributed by atoms with Gasteiger partial charge >= 0.3 is 0 Å². The summed E-state index contributed by atoms with van der Waals surface area (Å²) in [5.41, 5.74) is 1.95. The fourth-order valence-corrected chi connectivity index (χ4v) is 2.90. The van der Waals surface area contributed by atoms with E-state index in [1.807, 2.05) is 36.4 Å². The highest BCUT2D eigenvalue weighted by molar-refractivity contribution is 6.32. The summed E-state index contributed by atoms with van der Waals surface area (Å²) >= 11 is 6.27. The van der Waals surface area contributed by atoms with Crippen LogP contribution in [-0.2, 0) is 4.79 Å². The Morgan fingerprint density at radius 2 is 1.76 bits per heavy atom. The summed E-state index contributed by atoms with van der Waals surface area (Å²) in [5.74, 6) is 0.147. The van der Waals surface area contributed by atoms with Crippen LogP contribution >= 0.6 is 11.6 Å². The number of nitrogens with zero attached hydrogens (tertiary/aromatic N) is 1. The number of anilines is 1. The van der Waals surface area contributed by atoms with E-state index in [2.05, 4.69) is 5.32 Å². The van der Waals surface area contributed by atoms with Crippen LogP contribution in [-0.4, -0.2) is 24.5 Å². The zero-order chi connectivity index (χ0) is 20.8. The molecule has 0 aliphatic carbocycles. The topological polar surface area (TPSA) is 90.7 Å². The quantitative estimate of drug-likeness (QED) is 0.438. The van der Waals surface area contributed by atoms with Gasteiger partial charge in [-0.15, -0.1) is 0 Å². The molecule has 3 aromatic carbocycles. The molecule has 0 saturated carbocycles. The van der Waals surface area contributed by atoms with Gasteiger partial charge < -0.3 is 14.8 Å². The summed E-state index contributed by atoms with van der Waals surface area (Å²) < 4.78 is 10.6. The minimum Gasteiger partial charge on any atom is -0.495 e. The molecule has 0 aliphatic rings. The van der Waals surface area contributed by atoms with Gasteiger partial charge in [0.1, 0.15) is 11.5 Å². The predicted octanol–water partition coefficient (Wildman–Crippen LogP) is 4.94. The van der Waals surface area contributed by atoms with Gasteiger partial charge in [0.25, 0.3) is 11.6 Å². The van der Waals surface area contributed by atoms with Gasteiger partial charge in [-0.3, -0.25) is 14.9 Å². The van der Waals surface area contributed by atoms with Crippen LogP contribution in [0.5, 0.6) is 11.5 Å². The fourth-order valence-electron chi connectivity index (χ4n) is 2.66. The number of rotatable bonds is 7. The van der Waals surface area contributed by atoms with E-state index in [1.165, 1.54) is 25.3 Å². The highest BCUT2D eigenvalue weighted by atomic mass is 35.5. The van der Waals surface area contributed by atoms with Crippen LogP contribution < -0.4 is 14.8 Å². The van der Waals surface area contributed by atoms with Crippen molar-refractivity contribution in [2.45, 2.75) is 0 Å². The molecule has 29 heavy (non-hydrogen) atoms. The first-order chi connectivity index (χ1) is 14.0. The highest BCUT2D eigenvalue weighted by Crippen LogP contribution is 2.31. The van der Waals surface area contributed by atoms with E-state index in [0.717, 1.165) is 11.1 Å². The Balaban J connectivity index is 1.67. The first-order valence-corrected chi connectivity index (χ1v) is 8.96. The van der Waals surface area contributed by atoms with Crippen LogP contribution in [0.15, 0.2) is 66.7 Å². The smallest absolute Gasteiger partial charge is 0.271 e. The molecule has 0 radical (unpaired) electrons. The van der Waals surface area contributed by atoms with E-state index >= 15 is 0 Å². The number of benzene rings is 3. The molecule has 0 bridgehead atoms. The third-order valence-electron chi connectivity index (χ3n) is 4.07. The van der Waals surface area contributed by atoms with E-state index < -0.39 is 10.8 Å². The summed E-state index contributed by atoms with van der Waals surface area (Å²) in [6.45, 7) is -0.323. The molecule has 7 nitrogen and oxygen atoms in total. The van der Waals surface area contributed by atoms with Gasteiger partial charge in [-0.2, -0.15) is 0 Å². The van der Waals surface area contributed by atoms with Crippen LogP contribution in [0.3, 0.4) is 0 Å². The lowest BCUT2D eigenvalue weighted by Crippen LogP contribution is -2.20. The second-order valence-electron chi connectivity index (χ2n) is 5.99. The molecule has 148 valence electrons. The summed E-state index contributed by atoms with van der Waals surface area (Å²) in [6.07, 6.45) is 0. The van der Waals surface area contributed by atoms with Crippen molar-refractivity contribution in [2.24, 2.45) is 0 Å². The van der Waals surface area contributed by atoms with Crippen molar-refractivity contribution in [1.29, 1.82) is 0 Å². The lowest BCUT2D eigenvalue weighted by Gasteiger charge is -2.12. The van der Waals surface area contributed by atoms with Gasteiger partial charge in [-0.05, 0) is 29.3 Å². The number of carbonyl (C=O) groups excluding carboxylic acids is 1. The fraction of sp³-hybridized carbons (Fsp3) is 0.0952. The molecule has 0 unspecified atom stereocenters. The zero-order valence-corrected chi connectivity index (χ0v) is 16.2. The standard InChI is InChI=1S/C21H17ClN2O5/c1-28-20-10-8-16(24(26)27)12-18(20)23-21(25)13-29-19-9-7-15(11-17(19)22)14-5-3-2-4-6-14/h2-12H,13H2,1H3,(H,23,25). The van der Waals surface area contributed by atoms with Gasteiger partial charge in [0.05, 0.1) is 22.7 Å². The van der Waals surface area contributed by atoms with Crippen LogP contribution in [0.25, 0.3) is 11.1 Å². The maximum atomic E-state index is 12.2. The Bertz CT molecular complexity index is 1040. The average Bonchev–Trinajstić information content (AvgIpc) is 2.73. The minimum atomic E-state index is -0.556. The molecular formula is C21H17ClN2O5. The number of methoxy groups -OCH3 is 1. The number of non-ortho nitro benzene ring substituents is 1. The molecule has 1 N–H and O–H groups in total. The monoisotopic (exact) mass is 412 g/mol. The van der Waals surface area contributed by atoms with Crippen LogP contribution in [0.2, 0.25) is 5.02 Å². The third-order valence-corrected chi connectivity index (χ3v) is 4.36. The first-order valence-electron chi connectivity index (χ1n) is 8.58. The van der Waals surface area contributed by atoms with Crippen molar-refractivity contribution in [3.8, 4) is 22.6 Å². The second-order valence-corrected chi connectivity index (χ2v) is 6.40. The highest BCUT2D eigenvalue weighted by Gasteiger charge is 2.14. The Labute approximate surface area is 172 Å². The van der Waals surface area contributed by atoms with Crippen molar-refractivity contribution in [2.75, 3.05) is 19.0 Å². The van der Waals surface area contributed by atoms with Crippen LogP contribution in [0.4, 0.5) is 11.4 Å². The lowest BCUT2D eigenvalue weighted by molar-refractivity contribution is -0.384. The molecule has 0 spiro atoms. The number of amides is 1. The van der Waals surface area contributed by atoms with Crippen molar-refractivity contribution < 1.29 is 19.2 Å². The van der Waals surface area contributed by atoms with E-state index in [0.29, 0.717) is 16.5 Å². The number of carbonyl (C=O) groups is 1. The molecule has 3 rings (SSSR count). The maximum Gasteiger partial charge on any atom is 0.271 e. The number of hydrogen-bond donors (Lipinski definition) is 1. The van der Waals surface area contributed by atoms with Gasteiger partial charge in [0.2, 0.25) is 0 Å². The van der Waals surface area contributed by atoms with Crippen molar-refractivity contribution in [3.63, 3.8) is 0 Å². The lowest BCUT2D eigenvalue weighted by atomic mass is 10.1. The zero-order valence-electron chi connectivity index (χ0n) is 15.4. The van der Waals surface area contributed by atoms with Crippen LogP contribution in [0.1, 0.15) is 0 Å². The van der Waals surface area contributed by atoms with Gasteiger partial charge in [-0.25, -0.2) is 0 Å². The van der Waals surface area contributed by atoms with Gasteiger partial charge in [-0.1, -0.05) is 48.0 Å². The van der Waals surface area contributed by atoms with E-state index in [1.54, 1.807) is 12.1 Å². The number of nitrogens with one attached hydrogen (secondary N) is 1. The Morgan fingerprint density at radius 3 is 2.41 bits per heavy atom. The maximum absolute atomic E-state index is 12.2. The first kappa shape index (κ1) is 20.2. The molecular weight excluding hydrogens is 396 g/mol. The molecule has 0 fully saturated rings. The van der Waals surface area contributed by atoms with E-state index in [4.69, 9.17) is 21.1 Å². The molecule has 0 atom stereocenters. The van der Waals surface area contributed by atoms with E-state index in [-0.39, 0.29) is 18.0 Å². The minimum absolute atomic E-state index is 0.165. The van der Waals surface area contributed by atoms with Crippen LogP contribution in [0, 0.1) is 10.1 Å². The van der Waals surface area contributed by atoms with Gasteiger partial charge in [0.15, 0.2) is 6.61 Å². The van der Waals surface area contributed by atoms with Crippen molar-refractivity contribution in [3.05, 3.63) is 81.9 Å². The molecule has 0 aliphatic heterocycles. The molecule has 0 heterocycles. The average molecular weight is 413 g/mol. The summed E-state index contributed by atoms with van der Waals surface area (Å²) in [7, 11) is 1.40. The predicted molar refractivity (Wildman–Crippen MR) is 111 cm³/mol. The van der Waals surface area contributed by atoms with Crippen molar-refractivity contribution in [1.82, 2.24) is 0 Å². The summed E-state index contributed by atoms with van der Waals surface area (Å²) in [6, 6.07) is 18.9. The Morgan fingerprint density at radius 1 is 1.03 bits per heavy atom. The molecule has 3 aromatic rings. The van der Waals surface area contributed by atoms with E-state index in [9.17, 15) is 14.9 Å². The Kier molecular flexibility index (Phi) is 6.31. The second kappa shape index (κ2) is 9.07. The Hall–Kier alpha value is -3.58. The number of nitro groups is 1. The normalized spacial score (nSPS) is 10.3. The third kappa shape index (κ3) is 5.03. The largest absolute Gasteiger partial charge is 0.495 e. The molecule has 8 heteroatoms. The SMILES string of the molecule is COc1ccc([N+](=O)[O-])cc1NC(=O)COc1ccc(-c2ccccc2)cc1Cl. The number of halogens is 1. The molecule has 0 saturated heterocycles. The number of ether oxygens (including phenoxy) is 2. The molecule has 0 aromatic heterocycles.